The number of hydrogen-bond donors (Lipinski definition) is 1. The summed E-state index contributed by atoms with van der Waals surface area (Å²) in [5.74, 6) is 2.13. The van der Waals surface area contributed by atoms with Gasteiger partial charge in [0.15, 0.2) is 0 Å². The maximum absolute atomic E-state index is 12.7. The molecule has 2 aromatic rings. The van der Waals surface area contributed by atoms with Crippen LogP contribution in [0.2, 0.25) is 0 Å². The van der Waals surface area contributed by atoms with Gasteiger partial charge >= 0.3 is 0 Å². The summed E-state index contributed by atoms with van der Waals surface area (Å²) >= 11 is 0. The van der Waals surface area contributed by atoms with Gasteiger partial charge in [-0.05, 0) is 19.4 Å². The maximum atomic E-state index is 12.7. The molecule has 1 N–H and O–H groups in total. The molecule has 0 saturated heterocycles. The minimum Gasteiger partial charge on any atom is -0.489 e. The Morgan fingerprint density at radius 3 is 3.13 bits per heavy atom. The molecule has 0 unspecified atom stereocenters. The van der Waals surface area contributed by atoms with Crippen molar-refractivity contribution in [2.45, 2.75) is 51.3 Å². The monoisotopic (exact) mass is 311 g/mol. The van der Waals surface area contributed by atoms with Crippen molar-refractivity contribution >= 4 is 5.91 Å². The van der Waals surface area contributed by atoms with E-state index in [4.69, 9.17) is 4.74 Å². The number of carbonyl (C=O) groups is 1. The SMILES string of the molecule is C[C@@H]1Oc2c(C(=O)N[C@@H]3CCc4nccn4C3)cccc2[C@H]1C. The fraction of sp³-hybridized carbons (Fsp3) is 0.444. The van der Waals surface area contributed by atoms with Crippen molar-refractivity contribution in [3.8, 4) is 5.75 Å². The number of aromatic nitrogens is 2. The first-order chi connectivity index (χ1) is 11.1. The number of benzene rings is 1. The average Bonchev–Trinajstić information content (AvgIpc) is 3.12. The van der Waals surface area contributed by atoms with Gasteiger partial charge in [0.2, 0.25) is 0 Å². The lowest BCUT2D eigenvalue weighted by atomic mass is 9.96. The number of fused-ring (bicyclic) bond motifs is 2. The van der Waals surface area contributed by atoms with Crippen molar-refractivity contribution in [1.29, 1.82) is 0 Å². The van der Waals surface area contributed by atoms with Crippen LogP contribution in [0.25, 0.3) is 0 Å². The number of amides is 1. The minimum absolute atomic E-state index is 0.0447. The summed E-state index contributed by atoms with van der Waals surface area (Å²) in [7, 11) is 0. The number of para-hydroxylation sites is 1. The normalized spacial score (nSPS) is 25.4. The van der Waals surface area contributed by atoms with Crippen molar-refractivity contribution in [2.75, 3.05) is 0 Å². The van der Waals surface area contributed by atoms with Crippen LogP contribution in [-0.2, 0) is 13.0 Å². The van der Waals surface area contributed by atoms with E-state index in [1.165, 1.54) is 0 Å². The van der Waals surface area contributed by atoms with Crippen molar-refractivity contribution in [3.05, 3.63) is 47.5 Å². The van der Waals surface area contributed by atoms with Gasteiger partial charge in [-0.15, -0.1) is 0 Å². The molecule has 5 nitrogen and oxygen atoms in total. The van der Waals surface area contributed by atoms with Gasteiger partial charge in [0.25, 0.3) is 5.91 Å². The highest BCUT2D eigenvalue weighted by Crippen LogP contribution is 2.40. The molecule has 3 atom stereocenters. The molecule has 2 aliphatic rings. The van der Waals surface area contributed by atoms with Crippen LogP contribution >= 0.6 is 0 Å². The molecule has 0 bridgehead atoms. The summed E-state index contributed by atoms with van der Waals surface area (Å²) in [5.41, 5.74) is 1.78. The average molecular weight is 311 g/mol. The Morgan fingerprint density at radius 2 is 2.26 bits per heavy atom. The number of imidazole rings is 1. The van der Waals surface area contributed by atoms with Crippen LogP contribution in [0.1, 0.15) is 47.9 Å². The number of nitrogens with one attached hydrogen (secondary N) is 1. The molecule has 5 heteroatoms. The Balaban J connectivity index is 1.53. The Morgan fingerprint density at radius 1 is 1.39 bits per heavy atom. The van der Waals surface area contributed by atoms with Crippen molar-refractivity contribution in [3.63, 3.8) is 0 Å². The van der Waals surface area contributed by atoms with Crippen molar-refractivity contribution < 1.29 is 9.53 Å². The maximum Gasteiger partial charge on any atom is 0.255 e. The van der Waals surface area contributed by atoms with Crippen molar-refractivity contribution in [1.82, 2.24) is 14.9 Å². The third kappa shape index (κ3) is 2.40. The van der Waals surface area contributed by atoms with E-state index >= 15 is 0 Å². The minimum atomic E-state index is -0.0447. The molecule has 1 aromatic carbocycles. The summed E-state index contributed by atoms with van der Waals surface area (Å²) in [5, 5.41) is 3.16. The van der Waals surface area contributed by atoms with E-state index in [-0.39, 0.29) is 18.1 Å². The second kappa shape index (κ2) is 5.41. The number of hydrogen-bond acceptors (Lipinski definition) is 3. The summed E-state index contributed by atoms with van der Waals surface area (Å²) in [6.07, 6.45) is 5.73. The van der Waals surface area contributed by atoms with Gasteiger partial charge in [-0.25, -0.2) is 4.98 Å². The molecule has 1 amide bonds. The van der Waals surface area contributed by atoms with E-state index in [1.807, 2.05) is 31.5 Å². The fourth-order valence-corrected chi connectivity index (χ4v) is 3.51. The molecule has 23 heavy (non-hydrogen) atoms. The van der Waals surface area contributed by atoms with E-state index in [0.717, 1.165) is 36.5 Å². The largest absolute Gasteiger partial charge is 0.489 e. The highest BCUT2D eigenvalue weighted by Gasteiger charge is 2.31. The molecular formula is C18H21N3O2. The Hall–Kier alpha value is -2.30. The molecule has 4 rings (SSSR count). The molecule has 0 saturated carbocycles. The van der Waals surface area contributed by atoms with E-state index in [2.05, 4.69) is 27.9 Å². The molecule has 2 aliphatic heterocycles. The fourth-order valence-electron chi connectivity index (χ4n) is 3.51. The first kappa shape index (κ1) is 14.3. The quantitative estimate of drug-likeness (QED) is 0.927. The molecule has 3 heterocycles. The molecule has 0 spiro atoms. The molecule has 0 radical (unpaired) electrons. The third-order valence-corrected chi connectivity index (χ3v) is 5.06. The standard InChI is InChI=1S/C18H21N3O2/c1-11-12(2)23-17-14(11)4-3-5-15(17)18(22)20-13-6-7-16-19-8-9-21(16)10-13/h3-5,8-9,11-13H,6-7,10H2,1-2H3,(H,20,22)/t11-,12-,13+/m0/s1. The Bertz CT molecular complexity index is 752. The van der Waals surface area contributed by atoms with Crippen LogP contribution in [0.4, 0.5) is 0 Å². The van der Waals surface area contributed by atoms with Gasteiger partial charge in [-0.1, -0.05) is 19.1 Å². The molecule has 0 fully saturated rings. The highest BCUT2D eigenvalue weighted by atomic mass is 16.5. The van der Waals surface area contributed by atoms with Crippen molar-refractivity contribution in [2.24, 2.45) is 0 Å². The van der Waals surface area contributed by atoms with Crippen LogP contribution in [0.3, 0.4) is 0 Å². The van der Waals surface area contributed by atoms with E-state index in [9.17, 15) is 4.79 Å². The zero-order chi connectivity index (χ0) is 16.0. The summed E-state index contributed by atoms with van der Waals surface area (Å²) in [6, 6.07) is 5.99. The third-order valence-electron chi connectivity index (χ3n) is 5.06. The lowest BCUT2D eigenvalue weighted by Gasteiger charge is -2.25. The summed E-state index contributed by atoms with van der Waals surface area (Å²) in [4.78, 5) is 17.0. The highest BCUT2D eigenvalue weighted by molar-refractivity contribution is 5.97. The topological polar surface area (TPSA) is 56.1 Å². The van der Waals surface area contributed by atoms with Gasteiger partial charge in [0, 0.05) is 42.9 Å². The number of carbonyl (C=O) groups excluding carboxylic acids is 1. The summed E-state index contributed by atoms with van der Waals surface area (Å²) in [6.45, 7) is 4.97. The lowest BCUT2D eigenvalue weighted by molar-refractivity contribution is 0.0922. The first-order valence-electron chi connectivity index (χ1n) is 8.24. The Kier molecular flexibility index (Phi) is 3.36. The second-order valence-corrected chi connectivity index (χ2v) is 6.54. The van der Waals surface area contributed by atoms with Gasteiger partial charge in [-0.3, -0.25) is 4.79 Å². The zero-order valence-corrected chi connectivity index (χ0v) is 13.5. The molecule has 1 aromatic heterocycles. The molecule has 120 valence electrons. The zero-order valence-electron chi connectivity index (χ0n) is 13.5. The van der Waals surface area contributed by atoms with Gasteiger partial charge in [0.1, 0.15) is 17.7 Å². The predicted molar refractivity (Wildman–Crippen MR) is 86.7 cm³/mol. The van der Waals surface area contributed by atoms with Gasteiger partial charge < -0.3 is 14.6 Å². The van der Waals surface area contributed by atoms with E-state index < -0.39 is 0 Å². The first-order valence-corrected chi connectivity index (χ1v) is 8.24. The van der Waals surface area contributed by atoms with Gasteiger partial charge in [0.05, 0.1) is 5.56 Å². The van der Waals surface area contributed by atoms with Crippen LogP contribution in [0.5, 0.6) is 5.75 Å². The molecule has 0 aliphatic carbocycles. The lowest BCUT2D eigenvalue weighted by Crippen LogP contribution is -2.41. The van der Waals surface area contributed by atoms with E-state index in [0.29, 0.717) is 11.5 Å². The number of ether oxygens (including phenoxy) is 1. The van der Waals surface area contributed by atoms with Gasteiger partial charge in [-0.2, -0.15) is 0 Å². The van der Waals surface area contributed by atoms with Crippen LogP contribution in [0, 0.1) is 0 Å². The molecular weight excluding hydrogens is 290 g/mol. The predicted octanol–water partition coefficient (Wildman–Crippen LogP) is 2.51. The van der Waals surface area contributed by atoms with E-state index in [1.54, 1.807) is 0 Å². The second-order valence-electron chi connectivity index (χ2n) is 6.54. The van der Waals surface area contributed by atoms with Crippen LogP contribution in [0.15, 0.2) is 30.6 Å². The Labute approximate surface area is 135 Å². The van der Waals surface area contributed by atoms with Crippen LogP contribution in [-0.4, -0.2) is 27.6 Å². The number of nitrogens with zero attached hydrogens (tertiary/aromatic N) is 2. The summed E-state index contributed by atoms with van der Waals surface area (Å²) < 4.78 is 8.04. The smallest absolute Gasteiger partial charge is 0.255 e. The number of rotatable bonds is 2. The van der Waals surface area contributed by atoms with Crippen LogP contribution < -0.4 is 10.1 Å². The number of aryl methyl sites for hydroxylation is 1.